The summed E-state index contributed by atoms with van der Waals surface area (Å²) in [6.45, 7) is 0.681. The van der Waals surface area contributed by atoms with Gasteiger partial charge in [-0.15, -0.1) is 0 Å². The van der Waals surface area contributed by atoms with Crippen LogP contribution in [0, 0.1) is 21.4 Å². The van der Waals surface area contributed by atoms with Crippen molar-refractivity contribution in [3.63, 3.8) is 0 Å². The van der Waals surface area contributed by atoms with Gasteiger partial charge >= 0.3 is 5.69 Å². The molecule has 0 radical (unpaired) electrons. The number of nitro benzene ring substituents is 1. The number of ether oxygens (including phenoxy) is 1. The SMILES string of the molecule is COCCN(CCC#N)C(=O)c1cccc(N)c1[N+](=O)[O-]. The molecule has 1 rings (SSSR count). The molecule has 1 aromatic rings. The van der Waals surface area contributed by atoms with Crippen molar-refractivity contribution in [3.05, 3.63) is 33.9 Å². The number of nitrogens with zero attached hydrogens (tertiary/aromatic N) is 3. The Bertz CT molecular complexity index is 568. The van der Waals surface area contributed by atoms with Crippen molar-refractivity contribution >= 4 is 17.3 Å². The van der Waals surface area contributed by atoms with E-state index in [4.69, 9.17) is 15.7 Å². The third-order valence-electron chi connectivity index (χ3n) is 2.83. The molecule has 0 saturated carbocycles. The summed E-state index contributed by atoms with van der Waals surface area (Å²) in [7, 11) is 1.48. The summed E-state index contributed by atoms with van der Waals surface area (Å²) >= 11 is 0. The van der Waals surface area contributed by atoms with E-state index in [1.165, 1.54) is 30.2 Å². The number of nitrogen functional groups attached to an aromatic ring is 1. The summed E-state index contributed by atoms with van der Waals surface area (Å²) in [6.07, 6.45) is 0.131. The van der Waals surface area contributed by atoms with Crippen molar-refractivity contribution in [3.8, 4) is 6.07 Å². The van der Waals surface area contributed by atoms with E-state index in [9.17, 15) is 14.9 Å². The highest BCUT2D eigenvalue weighted by atomic mass is 16.6. The number of para-hydroxylation sites is 1. The average Bonchev–Trinajstić information content (AvgIpc) is 2.46. The van der Waals surface area contributed by atoms with Crippen LogP contribution in [0.1, 0.15) is 16.8 Å². The summed E-state index contributed by atoms with van der Waals surface area (Å²) < 4.78 is 4.90. The minimum atomic E-state index is -0.679. The highest BCUT2D eigenvalue weighted by Crippen LogP contribution is 2.27. The Hall–Kier alpha value is -2.66. The van der Waals surface area contributed by atoms with E-state index in [0.29, 0.717) is 0 Å². The number of rotatable bonds is 7. The fourth-order valence-electron chi connectivity index (χ4n) is 1.81. The highest BCUT2D eigenvalue weighted by Gasteiger charge is 2.26. The van der Waals surface area contributed by atoms with E-state index in [0.717, 1.165) is 0 Å². The largest absolute Gasteiger partial charge is 0.393 e. The smallest absolute Gasteiger partial charge is 0.304 e. The number of methoxy groups -OCH3 is 1. The molecule has 0 bridgehead atoms. The van der Waals surface area contributed by atoms with Crippen molar-refractivity contribution in [1.29, 1.82) is 5.26 Å². The van der Waals surface area contributed by atoms with Crippen molar-refractivity contribution in [2.75, 3.05) is 32.5 Å². The third-order valence-corrected chi connectivity index (χ3v) is 2.83. The van der Waals surface area contributed by atoms with Gasteiger partial charge in [-0.2, -0.15) is 5.26 Å². The van der Waals surface area contributed by atoms with Crippen LogP contribution >= 0.6 is 0 Å². The lowest BCUT2D eigenvalue weighted by Gasteiger charge is -2.21. The van der Waals surface area contributed by atoms with Gasteiger partial charge in [0.2, 0.25) is 0 Å². The average molecular weight is 292 g/mol. The quantitative estimate of drug-likeness (QED) is 0.457. The number of benzene rings is 1. The van der Waals surface area contributed by atoms with Crippen LogP contribution < -0.4 is 5.73 Å². The molecule has 1 amide bonds. The number of nitriles is 1. The Morgan fingerprint density at radius 3 is 2.81 bits per heavy atom. The molecule has 8 heteroatoms. The second kappa shape index (κ2) is 7.81. The van der Waals surface area contributed by atoms with Gasteiger partial charge in [0, 0.05) is 20.2 Å². The zero-order valence-corrected chi connectivity index (χ0v) is 11.6. The molecular weight excluding hydrogens is 276 g/mol. The normalized spacial score (nSPS) is 9.90. The van der Waals surface area contributed by atoms with Gasteiger partial charge in [-0.25, -0.2) is 0 Å². The van der Waals surface area contributed by atoms with Crippen molar-refractivity contribution in [2.45, 2.75) is 6.42 Å². The van der Waals surface area contributed by atoms with Gasteiger partial charge in [-0.1, -0.05) is 6.07 Å². The minimum Gasteiger partial charge on any atom is -0.393 e. The molecule has 21 heavy (non-hydrogen) atoms. The van der Waals surface area contributed by atoms with Crippen LogP contribution in [0.3, 0.4) is 0 Å². The van der Waals surface area contributed by atoms with Crippen LogP contribution in [0.2, 0.25) is 0 Å². The molecule has 0 heterocycles. The molecule has 0 aliphatic heterocycles. The standard InChI is InChI=1S/C13H16N4O4/c1-21-9-8-16(7-3-6-14)13(18)10-4-2-5-11(15)12(10)17(19)20/h2,4-5H,3,7-9,15H2,1H3. The Labute approximate surface area is 121 Å². The zero-order chi connectivity index (χ0) is 15.8. The topological polar surface area (TPSA) is 122 Å². The lowest BCUT2D eigenvalue weighted by Crippen LogP contribution is -2.35. The second-order valence-corrected chi connectivity index (χ2v) is 4.19. The summed E-state index contributed by atoms with van der Waals surface area (Å²) in [4.78, 5) is 24.2. The van der Waals surface area contributed by atoms with Crippen molar-refractivity contribution < 1.29 is 14.5 Å². The fourth-order valence-corrected chi connectivity index (χ4v) is 1.81. The van der Waals surface area contributed by atoms with Crippen LogP contribution in [0.15, 0.2) is 18.2 Å². The lowest BCUT2D eigenvalue weighted by molar-refractivity contribution is -0.384. The van der Waals surface area contributed by atoms with E-state index >= 15 is 0 Å². The Morgan fingerprint density at radius 1 is 1.52 bits per heavy atom. The number of anilines is 1. The van der Waals surface area contributed by atoms with Gasteiger partial charge in [-0.3, -0.25) is 14.9 Å². The van der Waals surface area contributed by atoms with E-state index < -0.39 is 16.5 Å². The number of nitro groups is 1. The summed E-state index contributed by atoms with van der Waals surface area (Å²) in [5.41, 5.74) is 5.00. The van der Waals surface area contributed by atoms with Gasteiger partial charge in [0.05, 0.1) is 24.0 Å². The third kappa shape index (κ3) is 4.15. The molecule has 1 aromatic carbocycles. The number of hydrogen-bond acceptors (Lipinski definition) is 6. The Morgan fingerprint density at radius 2 is 2.24 bits per heavy atom. The molecule has 0 fully saturated rings. The maximum absolute atomic E-state index is 12.4. The van der Waals surface area contributed by atoms with Gasteiger partial charge in [0.1, 0.15) is 11.3 Å². The van der Waals surface area contributed by atoms with E-state index in [2.05, 4.69) is 0 Å². The monoisotopic (exact) mass is 292 g/mol. The number of hydrogen-bond donors (Lipinski definition) is 1. The maximum atomic E-state index is 12.4. The summed E-state index contributed by atoms with van der Waals surface area (Å²) in [6, 6.07) is 6.13. The maximum Gasteiger partial charge on any atom is 0.304 e. The van der Waals surface area contributed by atoms with Gasteiger partial charge in [-0.05, 0) is 12.1 Å². The first kappa shape index (κ1) is 16.4. The van der Waals surface area contributed by atoms with Crippen molar-refractivity contribution in [2.24, 2.45) is 0 Å². The molecule has 0 aliphatic carbocycles. The molecule has 2 N–H and O–H groups in total. The zero-order valence-electron chi connectivity index (χ0n) is 11.6. The molecule has 0 aromatic heterocycles. The Kier molecular flexibility index (Phi) is 6.10. The summed E-state index contributed by atoms with van der Waals surface area (Å²) in [5, 5.41) is 19.7. The predicted octanol–water partition coefficient (Wildman–Crippen LogP) is 1.18. The van der Waals surface area contributed by atoms with E-state index in [1.54, 1.807) is 0 Å². The number of nitrogens with two attached hydrogens (primary N) is 1. The number of carbonyl (C=O) groups is 1. The first-order valence-corrected chi connectivity index (χ1v) is 6.21. The fraction of sp³-hybridized carbons (Fsp3) is 0.385. The summed E-state index contributed by atoms with van der Waals surface area (Å²) in [5.74, 6) is -0.540. The van der Waals surface area contributed by atoms with E-state index in [-0.39, 0.29) is 37.4 Å². The van der Waals surface area contributed by atoms with E-state index in [1.807, 2.05) is 6.07 Å². The van der Waals surface area contributed by atoms with Gasteiger partial charge in [0.15, 0.2) is 0 Å². The van der Waals surface area contributed by atoms with Crippen LogP contribution in [-0.2, 0) is 4.74 Å². The molecule has 112 valence electrons. The molecule has 0 atom stereocenters. The van der Waals surface area contributed by atoms with Crippen LogP contribution in [0.5, 0.6) is 0 Å². The lowest BCUT2D eigenvalue weighted by atomic mass is 10.1. The highest BCUT2D eigenvalue weighted by molar-refractivity contribution is 6.00. The van der Waals surface area contributed by atoms with Crippen molar-refractivity contribution in [1.82, 2.24) is 4.90 Å². The first-order chi connectivity index (χ1) is 10.0. The molecular formula is C13H16N4O4. The Balaban J connectivity index is 3.11. The molecule has 0 aliphatic rings. The first-order valence-electron chi connectivity index (χ1n) is 6.21. The van der Waals surface area contributed by atoms with Crippen LogP contribution in [-0.4, -0.2) is 42.5 Å². The molecule has 0 unspecified atom stereocenters. The molecule has 8 nitrogen and oxygen atoms in total. The van der Waals surface area contributed by atoms with Gasteiger partial charge in [0.25, 0.3) is 5.91 Å². The minimum absolute atomic E-state index is 0.0715. The van der Waals surface area contributed by atoms with Crippen LogP contribution in [0.25, 0.3) is 0 Å². The molecule has 0 saturated heterocycles. The molecule has 0 spiro atoms. The number of amides is 1. The predicted molar refractivity (Wildman–Crippen MR) is 75.5 cm³/mol. The van der Waals surface area contributed by atoms with Gasteiger partial charge < -0.3 is 15.4 Å². The number of carbonyl (C=O) groups excluding carboxylic acids is 1. The second-order valence-electron chi connectivity index (χ2n) is 4.19. The van der Waals surface area contributed by atoms with Crippen LogP contribution in [0.4, 0.5) is 11.4 Å².